The molecule has 2 aromatic rings. The molecular formula is C13H11ClO3S2. The van der Waals surface area contributed by atoms with Gasteiger partial charge in [-0.1, -0.05) is 17.7 Å². The Hall–Kier alpha value is -1.17. The lowest BCUT2D eigenvalue weighted by Gasteiger charge is -2.03. The Labute approximate surface area is 120 Å². The Morgan fingerprint density at radius 2 is 2.00 bits per heavy atom. The zero-order chi connectivity index (χ0) is 14.0. The standard InChI is InChI=1S/C13H11ClO3S2/c1-9-5-6-13(18-9)12(15)8-19(16,17)11-4-2-3-10(14)7-11/h2-7H,8H2,1H3. The Balaban J connectivity index is 2.25. The van der Waals surface area contributed by atoms with Crippen LogP contribution < -0.4 is 0 Å². The molecule has 0 saturated heterocycles. The van der Waals surface area contributed by atoms with Gasteiger partial charge in [0.2, 0.25) is 0 Å². The van der Waals surface area contributed by atoms with Gasteiger partial charge in [-0.15, -0.1) is 11.3 Å². The van der Waals surface area contributed by atoms with E-state index in [2.05, 4.69) is 0 Å². The lowest BCUT2D eigenvalue weighted by Crippen LogP contribution is -2.15. The fraction of sp³-hybridized carbons (Fsp3) is 0.154. The van der Waals surface area contributed by atoms with E-state index in [1.165, 1.54) is 23.5 Å². The maximum atomic E-state index is 12.1. The summed E-state index contributed by atoms with van der Waals surface area (Å²) in [6, 6.07) is 9.37. The van der Waals surface area contributed by atoms with Crippen molar-refractivity contribution >= 4 is 38.6 Å². The van der Waals surface area contributed by atoms with Crippen LogP contribution in [-0.4, -0.2) is 20.0 Å². The van der Waals surface area contributed by atoms with Crippen LogP contribution in [0.4, 0.5) is 0 Å². The Bertz CT molecular complexity index is 717. The molecule has 0 aliphatic rings. The van der Waals surface area contributed by atoms with Crippen molar-refractivity contribution in [2.75, 3.05) is 5.75 Å². The van der Waals surface area contributed by atoms with Gasteiger partial charge in [0.25, 0.3) is 0 Å². The van der Waals surface area contributed by atoms with E-state index in [9.17, 15) is 13.2 Å². The highest BCUT2D eigenvalue weighted by atomic mass is 35.5. The van der Waals surface area contributed by atoms with Crippen LogP contribution in [0, 0.1) is 6.92 Å². The van der Waals surface area contributed by atoms with Gasteiger partial charge in [-0.3, -0.25) is 4.79 Å². The summed E-state index contributed by atoms with van der Waals surface area (Å²) in [5.41, 5.74) is 0. The monoisotopic (exact) mass is 314 g/mol. The average molecular weight is 315 g/mol. The molecule has 1 heterocycles. The van der Waals surface area contributed by atoms with Crippen molar-refractivity contribution in [2.24, 2.45) is 0 Å². The predicted molar refractivity (Wildman–Crippen MR) is 76.9 cm³/mol. The zero-order valence-corrected chi connectivity index (χ0v) is 12.5. The number of Topliss-reactive ketones (excluding diaryl/α,β-unsaturated/α-hetero) is 1. The normalized spacial score (nSPS) is 11.5. The van der Waals surface area contributed by atoms with Crippen molar-refractivity contribution < 1.29 is 13.2 Å². The first-order valence-electron chi connectivity index (χ1n) is 5.46. The van der Waals surface area contributed by atoms with E-state index < -0.39 is 21.4 Å². The van der Waals surface area contributed by atoms with E-state index in [-0.39, 0.29) is 4.90 Å². The van der Waals surface area contributed by atoms with E-state index in [1.54, 1.807) is 24.3 Å². The summed E-state index contributed by atoms with van der Waals surface area (Å²) in [5, 5.41) is 0.334. The van der Waals surface area contributed by atoms with Gasteiger partial charge in [-0.2, -0.15) is 0 Å². The number of rotatable bonds is 4. The third-order valence-electron chi connectivity index (χ3n) is 2.49. The largest absolute Gasteiger partial charge is 0.292 e. The molecule has 0 N–H and O–H groups in total. The van der Waals surface area contributed by atoms with Crippen molar-refractivity contribution in [1.82, 2.24) is 0 Å². The summed E-state index contributed by atoms with van der Waals surface area (Å²) < 4.78 is 24.2. The van der Waals surface area contributed by atoms with Crippen LogP contribution in [0.1, 0.15) is 14.5 Å². The van der Waals surface area contributed by atoms with Gasteiger partial charge in [0, 0.05) is 9.90 Å². The molecule has 0 aliphatic heterocycles. The molecule has 0 radical (unpaired) electrons. The van der Waals surface area contributed by atoms with Gasteiger partial charge in [0.15, 0.2) is 15.6 Å². The van der Waals surface area contributed by atoms with Gasteiger partial charge in [0.1, 0.15) is 5.75 Å². The first-order valence-corrected chi connectivity index (χ1v) is 8.31. The molecule has 0 bridgehead atoms. The fourth-order valence-electron chi connectivity index (χ4n) is 1.57. The molecule has 0 spiro atoms. The molecule has 3 nitrogen and oxygen atoms in total. The second kappa shape index (κ2) is 5.45. The average Bonchev–Trinajstić information content (AvgIpc) is 2.75. The smallest absolute Gasteiger partial charge is 0.188 e. The van der Waals surface area contributed by atoms with Crippen LogP contribution in [0.3, 0.4) is 0 Å². The van der Waals surface area contributed by atoms with Crippen LogP contribution in [0.15, 0.2) is 41.3 Å². The molecule has 1 aromatic heterocycles. The van der Waals surface area contributed by atoms with Gasteiger partial charge < -0.3 is 0 Å². The molecule has 0 atom stereocenters. The number of sulfone groups is 1. The van der Waals surface area contributed by atoms with Crippen molar-refractivity contribution in [3.63, 3.8) is 0 Å². The quantitative estimate of drug-likeness (QED) is 0.813. The van der Waals surface area contributed by atoms with Crippen molar-refractivity contribution in [3.05, 3.63) is 51.2 Å². The molecule has 0 fully saturated rings. The van der Waals surface area contributed by atoms with Crippen LogP contribution in [-0.2, 0) is 9.84 Å². The molecular weight excluding hydrogens is 304 g/mol. The molecule has 0 aliphatic carbocycles. The molecule has 19 heavy (non-hydrogen) atoms. The maximum absolute atomic E-state index is 12.1. The van der Waals surface area contributed by atoms with Gasteiger partial charge in [-0.05, 0) is 37.3 Å². The summed E-state index contributed by atoms with van der Waals surface area (Å²) in [5.74, 6) is -0.925. The summed E-state index contributed by atoms with van der Waals surface area (Å²) in [6.07, 6.45) is 0. The number of carbonyl (C=O) groups is 1. The van der Waals surface area contributed by atoms with Crippen LogP contribution >= 0.6 is 22.9 Å². The molecule has 0 unspecified atom stereocenters. The maximum Gasteiger partial charge on any atom is 0.188 e. The minimum atomic E-state index is -3.65. The van der Waals surface area contributed by atoms with Crippen molar-refractivity contribution in [3.8, 4) is 0 Å². The van der Waals surface area contributed by atoms with E-state index in [4.69, 9.17) is 11.6 Å². The molecule has 100 valence electrons. The van der Waals surface area contributed by atoms with Gasteiger partial charge >= 0.3 is 0 Å². The lowest BCUT2D eigenvalue weighted by molar-refractivity contribution is 0.102. The van der Waals surface area contributed by atoms with E-state index in [0.29, 0.717) is 9.90 Å². The Morgan fingerprint density at radius 3 is 2.58 bits per heavy atom. The number of halogens is 1. The Kier molecular flexibility index (Phi) is 4.08. The first-order chi connectivity index (χ1) is 8.88. The third-order valence-corrected chi connectivity index (χ3v) is 5.38. The van der Waals surface area contributed by atoms with E-state index >= 15 is 0 Å². The number of thiophene rings is 1. The van der Waals surface area contributed by atoms with Crippen molar-refractivity contribution in [2.45, 2.75) is 11.8 Å². The third kappa shape index (κ3) is 3.43. The summed E-state index contributed by atoms with van der Waals surface area (Å²) >= 11 is 7.06. The summed E-state index contributed by atoms with van der Waals surface area (Å²) in [4.78, 5) is 13.4. The number of carbonyl (C=O) groups excluding carboxylic acids is 1. The zero-order valence-electron chi connectivity index (χ0n) is 10.1. The topological polar surface area (TPSA) is 51.2 Å². The van der Waals surface area contributed by atoms with E-state index in [0.717, 1.165) is 4.88 Å². The first kappa shape index (κ1) is 14.2. The summed E-state index contributed by atoms with van der Waals surface area (Å²) in [7, 11) is -3.65. The molecule has 6 heteroatoms. The molecule has 0 amide bonds. The number of aryl methyl sites for hydroxylation is 1. The second-order valence-electron chi connectivity index (χ2n) is 4.05. The lowest BCUT2D eigenvalue weighted by atomic mass is 10.3. The highest BCUT2D eigenvalue weighted by molar-refractivity contribution is 7.92. The number of hydrogen-bond donors (Lipinski definition) is 0. The fourth-order valence-corrected chi connectivity index (χ4v) is 3.98. The number of hydrogen-bond acceptors (Lipinski definition) is 4. The van der Waals surface area contributed by atoms with Gasteiger partial charge in [0.05, 0.1) is 9.77 Å². The molecule has 2 rings (SSSR count). The highest BCUT2D eigenvalue weighted by Crippen LogP contribution is 2.20. The van der Waals surface area contributed by atoms with Crippen LogP contribution in [0.25, 0.3) is 0 Å². The predicted octanol–water partition coefficient (Wildman–Crippen LogP) is 3.37. The SMILES string of the molecule is Cc1ccc(C(=O)CS(=O)(=O)c2cccc(Cl)c2)s1. The number of ketones is 1. The number of benzene rings is 1. The van der Waals surface area contributed by atoms with Crippen molar-refractivity contribution in [1.29, 1.82) is 0 Å². The minimum absolute atomic E-state index is 0.0710. The molecule has 1 aromatic carbocycles. The van der Waals surface area contributed by atoms with Crippen LogP contribution in [0.2, 0.25) is 5.02 Å². The summed E-state index contributed by atoms with van der Waals surface area (Å²) in [6.45, 7) is 1.87. The minimum Gasteiger partial charge on any atom is -0.292 e. The highest BCUT2D eigenvalue weighted by Gasteiger charge is 2.21. The second-order valence-corrected chi connectivity index (χ2v) is 7.76. The Morgan fingerprint density at radius 1 is 1.26 bits per heavy atom. The van der Waals surface area contributed by atoms with E-state index in [1.807, 2.05) is 6.92 Å². The van der Waals surface area contributed by atoms with Gasteiger partial charge in [-0.25, -0.2) is 8.42 Å². The molecule has 0 saturated carbocycles. The van der Waals surface area contributed by atoms with Crippen LogP contribution in [0.5, 0.6) is 0 Å².